The third-order valence-corrected chi connectivity index (χ3v) is 3.41. The zero-order valence-corrected chi connectivity index (χ0v) is 10.2. The molecule has 0 aromatic carbocycles. The van der Waals surface area contributed by atoms with Crippen LogP contribution in [0.4, 0.5) is 5.82 Å². The molecular formula is C12H15ClN2O2. The molecule has 0 radical (unpaired) electrons. The van der Waals surface area contributed by atoms with Gasteiger partial charge in [-0.05, 0) is 24.8 Å². The molecule has 0 bridgehead atoms. The maximum atomic E-state index is 10.7. The highest BCUT2D eigenvalue weighted by Gasteiger charge is 2.15. The molecule has 1 saturated carbocycles. The summed E-state index contributed by atoms with van der Waals surface area (Å²) in [5.74, 6) is 0.248. The first kappa shape index (κ1) is 12.2. The van der Waals surface area contributed by atoms with E-state index in [1.54, 1.807) is 0 Å². The molecule has 0 amide bonds. The SMILES string of the molecule is O=C(O)c1cnc(NCC2CCCC2)c(Cl)c1. The highest BCUT2D eigenvalue weighted by molar-refractivity contribution is 6.33. The smallest absolute Gasteiger partial charge is 0.337 e. The van der Waals surface area contributed by atoms with Crippen LogP contribution in [0.5, 0.6) is 0 Å². The number of hydrogen-bond donors (Lipinski definition) is 2. The number of hydrogen-bond acceptors (Lipinski definition) is 3. The predicted octanol–water partition coefficient (Wildman–Crippen LogP) is 3.04. The largest absolute Gasteiger partial charge is 0.478 e. The van der Waals surface area contributed by atoms with Crippen LogP contribution in [0.1, 0.15) is 36.0 Å². The van der Waals surface area contributed by atoms with Crippen LogP contribution in [0.15, 0.2) is 12.3 Å². The van der Waals surface area contributed by atoms with Crippen molar-refractivity contribution in [2.24, 2.45) is 5.92 Å². The molecule has 0 unspecified atom stereocenters. The number of aromatic nitrogens is 1. The van der Waals surface area contributed by atoms with Crippen molar-refractivity contribution >= 4 is 23.4 Å². The standard InChI is InChI=1S/C12H15ClN2O2/c13-10-5-9(12(16)17)7-15-11(10)14-6-8-3-1-2-4-8/h5,7-8H,1-4,6H2,(H,14,15)(H,16,17). The van der Waals surface area contributed by atoms with Gasteiger partial charge in [0.1, 0.15) is 5.82 Å². The monoisotopic (exact) mass is 254 g/mol. The molecule has 4 nitrogen and oxygen atoms in total. The number of nitrogens with zero attached hydrogens (tertiary/aromatic N) is 1. The lowest BCUT2D eigenvalue weighted by atomic mass is 10.1. The van der Waals surface area contributed by atoms with Crippen LogP contribution < -0.4 is 5.32 Å². The molecule has 0 spiro atoms. The van der Waals surface area contributed by atoms with E-state index in [2.05, 4.69) is 10.3 Å². The van der Waals surface area contributed by atoms with Crippen molar-refractivity contribution in [1.29, 1.82) is 0 Å². The Morgan fingerprint density at radius 1 is 1.53 bits per heavy atom. The van der Waals surface area contributed by atoms with E-state index < -0.39 is 5.97 Å². The van der Waals surface area contributed by atoms with Crippen molar-refractivity contribution in [3.05, 3.63) is 22.8 Å². The van der Waals surface area contributed by atoms with Crippen molar-refractivity contribution in [3.8, 4) is 0 Å². The van der Waals surface area contributed by atoms with E-state index in [1.165, 1.54) is 37.9 Å². The predicted molar refractivity (Wildman–Crippen MR) is 66.7 cm³/mol. The summed E-state index contributed by atoms with van der Waals surface area (Å²) in [6.45, 7) is 0.860. The van der Waals surface area contributed by atoms with Crippen LogP contribution >= 0.6 is 11.6 Å². The molecule has 0 atom stereocenters. The number of pyridine rings is 1. The summed E-state index contributed by atoms with van der Waals surface area (Å²) < 4.78 is 0. The van der Waals surface area contributed by atoms with Crippen LogP contribution in [0.25, 0.3) is 0 Å². The van der Waals surface area contributed by atoms with Gasteiger partial charge in [-0.3, -0.25) is 0 Å². The number of rotatable bonds is 4. The number of halogens is 1. The summed E-state index contributed by atoms with van der Waals surface area (Å²) in [6.07, 6.45) is 6.41. The van der Waals surface area contributed by atoms with Gasteiger partial charge in [0.2, 0.25) is 0 Å². The van der Waals surface area contributed by atoms with Gasteiger partial charge in [0.15, 0.2) is 0 Å². The number of carboxylic acids is 1. The van der Waals surface area contributed by atoms with Gasteiger partial charge in [-0.1, -0.05) is 24.4 Å². The zero-order valence-electron chi connectivity index (χ0n) is 9.45. The molecule has 0 saturated heterocycles. The Balaban J connectivity index is 1.98. The minimum atomic E-state index is -1.01. The molecule has 1 aromatic heterocycles. The van der Waals surface area contributed by atoms with Gasteiger partial charge in [-0.15, -0.1) is 0 Å². The number of nitrogens with one attached hydrogen (secondary N) is 1. The van der Waals surface area contributed by atoms with Crippen molar-refractivity contribution in [2.75, 3.05) is 11.9 Å². The molecule has 2 rings (SSSR count). The van der Waals surface area contributed by atoms with E-state index in [1.807, 2.05) is 0 Å². The first-order chi connectivity index (χ1) is 8.16. The van der Waals surface area contributed by atoms with Crippen molar-refractivity contribution < 1.29 is 9.90 Å². The average molecular weight is 255 g/mol. The van der Waals surface area contributed by atoms with Crippen LogP contribution in [0, 0.1) is 5.92 Å². The number of carbonyl (C=O) groups is 1. The lowest BCUT2D eigenvalue weighted by Gasteiger charge is -2.12. The van der Waals surface area contributed by atoms with Gasteiger partial charge in [-0.25, -0.2) is 9.78 Å². The third-order valence-electron chi connectivity index (χ3n) is 3.12. The Morgan fingerprint density at radius 2 is 2.24 bits per heavy atom. The lowest BCUT2D eigenvalue weighted by molar-refractivity contribution is 0.0696. The molecule has 1 aliphatic rings. The Labute approximate surface area is 105 Å². The van der Waals surface area contributed by atoms with Gasteiger partial charge in [0.25, 0.3) is 0 Å². The second-order valence-corrected chi connectivity index (χ2v) is 4.80. The Morgan fingerprint density at radius 3 is 2.82 bits per heavy atom. The molecule has 1 heterocycles. The van der Waals surface area contributed by atoms with E-state index in [4.69, 9.17) is 16.7 Å². The Bertz CT molecular complexity index is 417. The lowest BCUT2D eigenvalue weighted by Crippen LogP contribution is -2.12. The molecule has 1 fully saturated rings. The maximum absolute atomic E-state index is 10.7. The zero-order chi connectivity index (χ0) is 12.3. The normalized spacial score (nSPS) is 16.1. The van der Waals surface area contributed by atoms with Crippen LogP contribution in [0.3, 0.4) is 0 Å². The van der Waals surface area contributed by atoms with Gasteiger partial charge < -0.3 is 10.4 Å². The Hall–Kier alpha value is -1.29. The molecule has 17 heavy (non-hydrogen) atoms. The van der Waals surface area contributed by atoms with E-state index in [-0.39, 0.29) is 5.56 Å². The first-order valence-electron chi connectivity index (χ1n) is 5.79. The number of aromatic carboxylic acids is 1. The first-order valence-corrected chi connectivity index (χ1v) is 6.17. The van der Waals surface area contributed by atoms with Gasteiger partial charge >= 0.3 is 5.97 Å². The topological polar surface area (TPSA) is 62.2 Å². The van der Waals surface area contributed by atoms with E-state index >= 15 is 0 Å². The van der Waals surface area contributed by atoms with E-state index in [0.29, 0.717) is 16.8 Å². The summed E-state index contributed by atoms with van der Waals surface area (Å²) in [7, 11) is 0. The summed E-state index contributed by atoms with van der Waals surface area (Å²) in [5, 5.41) is 12.3. The fraction of sp³-hybridized carbons (Fsp3) is 0.500. The molecule has 2 N–H and O–H groups in total. The molecule has 1 aromatic rings. The van der Waals surface area contributed by atoms with Crippen molar-refractivity contribution in [2.45, 2.75) is 25.7 Å². The fourth-order valence-electron chi connectivity index (χ4n) is 2.14. The number of carboxylic acid groups (broad SMARTS) is 1. The maximum Gasteiger partial charge on any atom is 0.337 e. The quantitative estimate of drug-likeness (QED) is 0.867. The molecule has 1 aliphatic carbocycles. The second-order valence-electron chi connectivity index (χ2n) is 4.39. The summed E-state index contributed by atoms with van der Waals surface area (Å²) in [6, 6.07) is 1.42. The van der Waals surface area contributed by atoms with Gasteiger partial charge in [0.05, 0.1) is 10.6 Å². The molecule has 92 valence electrons. The van der Waals surface area contributed by atoms with Gasteiger partial charge in [-0.2, -0.15) is 0 Å². The number of anilines is 1. The van der Waals surface area contributed by atoms with Crippen molar-refractivity contribution in [3.63, 3.8) is 0 Å². The summed E-state index contributed by atoms with van der Waals surface area (Å²) in [4.78, 5) is 14.7. The molecule has 5 heteroatoms. The average Bonchev–Trinajstić information content (AvgIpc) is 2.80. The van der Waals surface area contributed by atoms with Crippen LogP contribution in [0.2, 0.25) is 5.02 Å². The molecular weight excluding hydrogens is 240 g/mol. The van der Waals surface area contributed by atoms with Crippen LogP contribution in [-0.4, -0.2) is 22.6 Å². The van der Waals surface area contributed by atoms with Gasteiger partial charge in [0, 0.05) is 12.7 Å². The fourth-order valence-corrected chi connectivity index (χ4v) is 2.37. The highest BCUT2D eigenvalue weighted by atomic mass is 35.5. The van der Waals surface area contributed by atoms with E-state index in [0.717, 1.165) is 6.54 Å². The summed E-state index contributed by atoms with van der Waals surface area (Å²) >= 11 is 5.97. The van der Waals surface area contributed by atoms with Crippen molar-refractivity contribution in [1.82, 2.24) is 4.98 Å². The third kappa shape index (κ3) is 3.09. The minimum Gasteiger partial charge on any atom is -0.478 e. The summed E-state index contributed by atoms with van der Waals surface area (Å²) in [5.41, 5.74) is 0.112. The van der Waals surface area contributed by atoms with Crippen LogP contribution in [-0.2, 0) is 0 Å². The second kappa shape index (κ2) is 5.36. The highest BCUT2D eigenvalue weighted by Crippen LogP contribution is 2.26. The minimum absolute atomic E-state index is 0.112. The van der Waals surface area contributed by atoms with E-state index in [9.17, 15) is 4.79 Å². The Kier molecular flexibility index (Phi) is 3.84. The molecule has 0 aliphatic heterocycles.